The van der Waals surface area contributed by atoms with E-state index in [2.05, 4.69) is 56.9 Å². The van der Waals surface area contributed by atoms with Gasteiger partial charge in [0.15, 0.2) is 0 Å². The first-order chi connectivity index (χ1) is 26.9. The fourth-order valence-electron chi connectivity index (χ4n) is 5.52. The number of rotatable bonds is 16. The topological polar surface area (TPSA) is 140 Å². The van der Waals surface area contributed by atoms with Gasteiger partial charge in [-0.15, -0.1) is 0 Å². The van der Waals surface area contributed by atoms with E-state index >= 15 is 0 Å². The van der Waals surface area contributed by atoms with E-state index in [1.165, 1.54) is 19.2 Å². The summed E-state index contributed by atoms with van der Waals surface area (Å²) in [6.07, 6.45) is 3.69. The molecular formula is C45H54Cl2N2O8. The molecule has 306 valence electrons. The highest BCUT2D eigenvalue weighted by molar-refractivity contribution is 6.31. The summed E-state index contributed by atoms with van der Waals surface area (Å²) in [4.78, 5) is 46.3. The van der Waals surface area contributed by atoms with Gasteiger partial charge in [-0.3, -0.25) is 9.59 Å². The van der Waals surface area contributed by atoms with Crippen molar-refractivity contribution in [2.75, 3.05) is 31.0 Å². The van der Waals surface area contributed by atoms with E-state index in [0.29, 0.717) is 65.9 Å². The van der Waals surface area contributed by atoms with E-state index in [1.54, 1.807) is 36.4 Å². The number of ether oxygens (including phenoxy) is 3. The summed E-state index contributed by atoms with van der Waals surface area (Å²) >= 11 is 12.2. The van der Waals surface area contributed by atoms with E-state index in [4.69, 9.17) is 37.8 Å². The van der Waals surface area contributed by atoms with Crippen molar-refractivity contribution in [3.8, 4) is 11.5 Å². The fourth-order valence-corrected chi connectivity index (χ4v) is 5.86. The maximum Gasteiger partial charge on any atom is 0.337 e. The number of aromatic carboxylic acids is 1. The van der Waals surface area contributed by atoms with Gasteiger partial charge in [-0.25, -0.2) is 9.59 Å². The molecule has 0 radical (unpaired) electrons. The number of hydrogen-bond acceptors (Lipinski definition) is 7. The Balaban J connectivity index is 0.000000306. The molecule has 0 saturated carbocycles. The van der Waals surface area contributed by atoms with Crippen molar-refractivity contribution in [3.63, 3.8) is 0 Å². The van der Waals surface area contributed by atoms with Gasteiger partial charge in [0.05, 0.1) is 31.5 Å². The van der Waals surface area contributed by atoms with Crippen LogP contribution in [0.15, 0.2) is 84.9 Å². The van der Waals surface area contributed by atoms with Crippen molar-refractivity contribution in [3.05, 3.63) is 117 Å². The van der Waals surface area contributed by atoms with E-state index in [0.717, 1.165) is 35.5 Å². The van der Waals surface area contributed by atoms with Crippen LogP contribution in [-0.4, -0.2) is 49.2 Å². The zero-order valence-electron chi connectivity index (χ0n) is 33.8. The number of hydrogen-bond donors (Lipinski definition) is 3. The van der Waals surface area contributed by atoms with Gasteiger partial charge in [0.1, 0.15) is 11.5 Å². The van der Waals surface area contributed by atoms with Gasteiger partial charge in [0.25, 0.3) is 0 Å². The minimum absolute atomic E-state index is 0.0659. The van der Waals surface area contributed by atoms with Gasteiger partial charge >= 0.3 is 11.9 Å². The molecule has 0 bridgehead atoms. The lowest BCUT2D eigenvalue weighted by Gasteiger charge is -2.23. The van der Waals surface area contributed by atoms with Crippen LogP contribution in [0.3, 0.4) is 0 Å². The summed E-state index contributed by atoms with van der Waals surface area (Å²) in [5.74, 6) is 0.0749. The van der Waals surface area contributed by atoms with Crippen molar-refractivity contribution in [1.29, 1.82) is 0 Å². The highest BCUT2D eigenvalue weighted by atomic mass is 35.5. The summed E-state index contributed by atoms with van der Waals surface area (Å²) in [7, 11) is 1.33. The van der Waals surface area contributed by atoms with Crippen LogP contribution in [0, 0.1) is 0 Å². The average molecular weight is 822 g/mol. The standard InChI is InChI=1S/C23H28ClNO4.C22H26ClNO4/c1-23(2,3)19-15-17(24)10-13-20(19)29-14-6-5-7-21(26)25-18-11-8-16(9-12-18)22(27)28-4;1-22(2,3)18-14-16(23)9-12-19(18)28-13-5-4-6-20(25)24-17-10-7-15(8-11-17)21(26)27/h8-13,15H,5-7,14H2,1-4H3,(H,25,26);7-12,14H,4-6,13H2,1-3H3,(H,24,25)(H,26,27). The van der Waals surface area contributed by atoms with Gasteiger partial charge in [-0.05, 0) is 121 Å². The SMILES string of the molecule is CC(C)(C)c1cc(Cl)ccc1OCCCCC(=O)Nc1ccc(C(=O)O)cc1.COC(=O)c1ccc(NC(=O)CCCCOc2ccc(Cl)cc2C(C)(C)C)cc1. The second-order valence-electron chi connectivity index (χ2n) is 15.4. The molecule has 0 aliphatic carbocycles. The molecule has 0 aliphatic heterocycles. The first-order valence-corrected chi connectivity index (χ1v) is 19.6. The van der Waals surface area contributed by atoms with Gasteiger partial charge in [-0.1, -0.05) is 64.7 Å². The third-order valence-corrected chi connectivity index (χ3v) is 9.09. The number of methoxy groups -OCH3 is 1. The molecule has 3 N–H and O–H groups in total. The third kappa shape index (κ3) is 16.1. The number of esters is 1. The number of carbonyl (C=O) groups is 4. The Kier molecular flexibility index (Phi) is 17.9. The second kappa shape index (κ2) is 22.0. The molecule has 0 saturated heterocycles. The number of carboxylic acid groups (broad SMARTS) is 1. The predicted molar refractivity (Wildman–Crippen MR) is 227 cm³/mol. The van der Waals surface area contributed by atoms with Crippen molar-refractivity contribution >= 4 is 58.3 Å². The first kappa shape index (κ1) is 46.3. The molecule has 4 rings (SSSR count). The molecular weight excluding hydrogens is 767 g/mol. The fraction of sp³-hybridized carbons (Fsp3) is 0.378. The number of unbranched alkanes of at least 4 members (excludes halogenated alkanes) is 2. The number of benzene rings is 4. The van der Waals surface area contributed by atoms with Crippen LogP contribution in [0.1, 0.15) is 112 Å². The minimum Gasteiger partial charge on any atom is -0.493 e. The Bertz CT molecular complexity index is 1950. The monoisotopic (exact) mass is 820 g/mol. The Labute approximate surface area is 346 Å². The smallest absolute Gasteiger partial charge is 0.337 e. The van der Waals surface area contributed by atoms with E-state index in [-0.39, 0.29) is 28.2 Å². The van der Waals surface area contributed by atoms with Gasteiger partial charge in [0.2, 0.25) is 11.8 Å². The molecule has 4 aromatic carbocycles. The van der Waals surface area contributed by atoms with Crippen LogP contribution in [0.25, 0.3) is 0 Å². The molecule has 0 aromatic heterocycles. The number of anilines is 2. The number of amides is 2. The summed E-state index contributed by atoms with van der Waals surface area (Å²) < 4.78 is 16.5. The van der Waals surface area contributed by atoms with Crippen LogP contribution in [0.4, 0.5) is 11.4 Å². The highest BCUT2D eigenvalue weighted by Crippen LogP contribution is 2.35. The molecule has 12 heteroatoms. The first-order valence-electron chi connectivity index (χ1n) is 18.8. The highest BCUT2D eigenvalue weighted by Gasteiger charge is 2.21. The summed E-state index contributed by atoms with van der Waals surface area (Å²) in [6.45, 7) is 13.7. The van der Waals surface area contributed by atoms with Crippen LogP contribution < -0.4 is 20.1 Å². The normalized spacial score (nSPS) is 11.1. The average Bonchev–Trinajstić information content (AvgIpc) is 3.15. The van der Waals surface area contributed by atoms with E-state index in [9.17, 15) is 19.2 Å². The lowest BCUT2D eigenvalue weighted by atomic mass is 9.86. The molecule has 10 nitrogen and oxygen atoms in total. The lowest BCUT2D eigenvalue weighted by molar-refractivity contribution is -0.117. The maximum atomic E-state index is 12.1. The van der Waals surface area contributed by atoms with Crippen LogP contribution in [-0.2, 0) is 25.2 Å². The predicted octanol–water partition coefficient (Wildman–Crippen LogP) is 11.1. The van der Waals surface area contributed by atoms with Crippen LogP contribution in [0.2, 0.25) is 10.0 Å². The molecule has 0 atom stereocenters. The van der Waals surface area contributed by atoms with E-state index in [1.807, 2.05) is 36.4 Å². The number of halogens is 2. The number of nitrogens with one attached hydrogen (secondary N) is 2. The number of carboxylic acids is 1. The molecule has 0 fully saturated rings. The Morgan fingerprint density at radius 2 is 0.965 bits per heavy atom. The molecule has 0 unspecified atom stereocenters. The van der Waals surface area contributed by atoms with Crippen molar-refractivity contribution in [2.45, 2.75) is 90.9 Å². The summed E-state index contributed by atoms with van der Waals surface area (Å²) in [6, 6.07) is 24.0. The number of carbonyl (C=O) groups excluding carboxylic acids is 3. The third-order valence-electron chi connectivity index (χ3n) is 8.62. The van der Waals surface area contributed by atoms with Gasteiger partial charge in [0, 0.05) is 45.4 Å². The van der Waals surface area contributed by atoms with E-state index < -0.39 is 11.9 Å². The Hall–Kier alpha value is -5.06. The minimum atomic E-state index is -0.992. The summed E-state index contributed by atoms with van der Waals surface area (Å²) in [5.41, 5.74) is 3.85. The van der Waals surface area contributed by atoms with Gasteiger partial charge in [-0.2, -0.15) is 0 Å². The Morgan fingerprint density at radius 3 is 1.32 bits per heavy atom. The molecule has 57 heavy (non-hydrogen) atoms. The Morgan fingerprint density at radius 1 is 0.579 bits per heavy atom. The van der Waals surface area contributed by atoms with Crippen molar-refractivity contribution < 1.29 is 38.5 Å². The zero-order valence-corrected chi connectivity index (χ0v) is 35.3. The maximum absolute atomic E-state index is 12.1. The molecule has 2 amide bonds. The lowest BCUT2D eigenvalue weighted by Crippen LogP contribution is -2.14. The summed E-state index contributed by atoms with van der Waals surface area (Å²) in [5, 5.41) is 15.8. The molecule has 4 aromatic rings. The van der Waals surface area contributed by atoms with Crippen LogP contribution >= 0.6 is 23.2 Å². The van der Waals surface area contributed by atoms with Crippen LogP contribution in [0.5, 0.6) is 11.5 Å². The molecule has 0 spiro atoms. The molecule has 0 heterocycles. The second-order valence-corrected chi connectivity index (χ2v) is 16.3. The zero-order chi connectivity index (χ0) is 42.2. The van der Waals surface area contributed by atoms with Crippen molar-refractivity contribution in [1.82, 2.24) is 0 Å². The largest absolute Gasteiger partial charge is 0.493 e. The quantitative estimate of drug-likeness (QED) is 0.0749. The van der Waals surface area contributed by atoms with Crippen molar-refractivity contribution in [2.24, 2.45) is 0 Å². The van der Waals surface area contributed by atoms with Gasteiger partial charge < -0.3 is 30.0 Å². The molecule has 0 aliphatic rings.